The number of ether oxygens (including phenoxy) is 1. The van der Waals surface area contributed by atoms with Crippen LogP contribution in [0, 0.1) is 0 Å². The summed E-state index contributed by atoms with van der Waals surface area (Å²) in [4.78, 5) is 11.0. The summed E-state index contributed by atoms with van der Waals surface area (Å²) in [5.41, 5.74) is 3.14. The van der Waals surface area contributed by atoms with Gasteiger partial charge in [0.25, 0.3) is 6.43 Å². The SMILES string of the molecule is CCC(C)(C)c1cc(/C(C)=C\C=O)c(OCC(F)F)c(C(C)(C)CC)c1. The smallest absolute Gasteiger partial charge is 0.272 e. The second kappa shape index (κ2) is 8.79. The third-order valence-corrected chi connectivity index (χ3v) is 5.46. The highest BCUT2D eigenvalue weighted by Crippen LogP contribution is 2.43. The van der Waals surface area contributed by atoms with Crippen LogP contribution in [0.4, 0.5) is 8.78 Å². The molecule has 4 heteroatoms. The van der Waals surface area contributed by atoms with Crippen LogP contribution in [0.2, 0.25) is 0 Å². The topological polar surface area (TPSA) is 26.3 Å². The van der Waals surface area contributed by atoms with Crippen molar-refractivity contribution >= 4 is 11.9 Å². The molecule has 0 bridgehead atoms. The van der Waals surface area contributed by atoms with Crippen molar-refractivity contribution < 1.29 is 18.3 Å². The van der Waals surface area contributed by atoms with Crippen molar-refractivity contribution in [2.24, 2.45) is 0 Å². The van der Waals surface area contributed by atoms with Gasteiger partial charge < -0.3 is 4.74 Å². The molecule has 0 aliphatic rings. The fourth-order valence-corrected chi connectivity index (χ4v) is 2.70. The monoisotopic (exact) mass is 366 g/mol. The Morgan fingerprint density at radius 3 is 2.15 bits per heavy atom. The Kier molecular flexibility index (Phi) is 7.55. The Morgan fingerprint density at radius 1 is 1.12 bits per heavy atom. The van der Waals surface area contributed by atoms with E-state index in [9.17, 15) is 13.6 Å². The summed E-state index contributed by atoms with van der Waals surface area (Å²) in [6, 6.07) is 4.07. The lowest BCUT2D eigenvalue weighted by Crippen LogP contribution is -2.23. The van der Waals surface area contributed by atoms with Gasteiger partial charge in [-0.1, -0.05) is 47.6 Å². The number of aldehydes is 1. The maximum Gasteiger partial charge on any atom is 0.272 e. The lowest BCUT2D eigenvalue weighted by Gasteiger charge is -2.32. The zero-order valence-electron chi connectivity index (χ0n) is 17.1. The first kappa shape index (κ1) is 22.3. The van der Waals surface area contributed by atoms with Crippen LogP contribution in [0.15, 0.2) is 18.2 Å². The van der Waals surface area contributed by atoms with Gasteiger partial charge in [0.05, 0.1) is 0 Å². The van der Waals surface area contributed by atoms with Crippen molar-refractivity contribution in [3.8, 4) is 5.75 Å². The van der Waals surface area contributed by atoms with Crippen molar-refractivity contribution in [2.45, 2.75) is 78.6 Å². The Labute approximate surface area is 156 Å². The zero-order chi connectivity index (χ0) is 20.1. The molecule has 0 saturated heterocycles. The Bertz CT molecular complexity index is 658. The van der Waals surface area contributed by atoms with Gasteiger partial charge in [0, 0.05) is 11.1 Å². The Balaban J connectivity index is 3.80. The third-order valence-electron chi connectivity index (χ3n) is 5.46. The number of hydrogen-bond acceptors (Lipinski definition) is 2. The number of rotatable bonds is 9. The van der Waals surface area contributed by atoms with Crippen LogP contribution in [-0.2, 0) is 15.6 Å². The molecule has 1 aromatic rings. The number of allylic oxidation sites excluding steroid dienone is 2. The summed E-state index contributed by atoms with van der Waals surface area (Å²) >= 11 is 0. The summed E-state index contributed by atoms with van der Waals surface area (Å²) < 4.78 is 31.3. The van der Waals surface area contributed by atoms with Crippen LogP contribution in [0.5, 0.6) is 5.75 Å². The van der Waals surface area contributed by atoms with E-state index in [2.05, 4.69) is 47.6 Å². The molecule has 0 N–H and O–H groups in total. The van der Waals surface area contributed by atoms with Gasteiger partial charge >= 0.3 is 0 Å². The molecule has 0 amide bonds. The van der Waals surface area contributed by atoms with Crippen molar-refractivity contribution in [3.63, 3.8) is 0 Å². The number of alkyl halides is 2. The molecule has 26 heavy (non-hydrogen) atoms. The van der Waals surface area contributed by atoms with E-state index in [1.165, 1.54) is 6.08 Å². The fraction of sp³-hybridized carbons (Fsp3) is 0.591. The van der Waals surface area contributed by atoms with Crippen molar-refractivity contribution in [1.29, 1.82) is 0 Å². The first-order valence-electron chi connectivity index (χ1n) is 9.22. The van der Waals surface area contributed by atoms with E-state index < -0.39 is 13.0 Å². The van der Waals surface area contributed by atoms with Gasteiger partial charge in [0.15, 0.2) is 0 Å². The van der Waals surface area contributed by atoms with E-state index in [0.29, 0.717) is 23.2 Å². The molecule has 0 radical (unpaired) electrons. The molecule has 0 aliphatic carbocycles. The third kappa shape index (κ3) is 5.15. The molecule has 146 valence electrons. The van der Waals surface area contributed by atoms with Crippen molar-refractivity contribution in [3.05, 3.63) is 34.9 Å². The number of carbonyl (C=O) groups is 1. The van der Waals surface area contributed by atoms with E-state index in [1.807, 2.05) is 13.0 Å². The largest absolute Gasteiger partial charge is 0.487 e. The Morgan fingerprint density at radius 2 is 1.69 bits per heavy atom. The Hall–Kier alpha value is -1.71. The van der Waals surface area contributed by atoms with Crippen molar-refractivity contribution in [1.82, 2.24) is 0 Å². The van der Waals surface area contributed by atoms with Gasteiger partial charge in [-0.3, -0.25) is 4.79 Å². The predicted molar refractivity (Wildman–Crippen MR) is 104 cm³/mol. The lowest BCUT2D eigenvalue weighted by atomic mass is 9.74. The van der Waals surface area contributed by atoms with Gasteiger partial charge in [-0.25, -0.2) is 8.78 Å². The second-order valence-electron chi connectivity index (χ2n) is 8.06. The molecule has 0 fully saturated rings. The van der Waals surface area contributed by atoms with Gasteiger partial charge in [-0.2, -0.15) is 0 Å². The molecule has 0 spiro atoms. The van der Waals surface area contributed by atoms with Gasteiger partial charge in [0.1, 0.15) is 18.6 Å². The van der Waals surface area contributed by atoms with Crippen LogP contribution in [0.1, 0.15) is 78.0 Å². The molecule has 1 rings (SSSR count). The fourth-order valence-electron chi connectivity index (χ4n) is 2.70. The molecule has 0 atom stereocenters. The number of hydrogen-bond donors (Lipinski definition) is 0. The van der Waals surface area contributed by atoms with E-state index in [0.717, 1.165) is 24.0 Å². The molecular weight excluding hydrogens is 334 g/mol. The molecule has 2 nitrogen and oxygen atoms in total. The minimum atomic E-state index is -2.55. The number of benzene rings is 1. The van der Waals surface area contributed by atoms with Crippen LogP contribution in [0.25, 0.3) is 5.57 Å². The number of carbonyl (C=O) groups excluding carboxylic acids is 1. The maximum atomic E-state index is 12.8. The molecular formula is C22H32F2O2. The number of halogens is 2. The first-order valence-corrected chi connectivity index (χ1v) is 9.22. The van der Waals surface area contributed by atoms with Gasteiger partial charge in [0.2, 0.25) is 0 Å². The van der Waals surface area contributed by atoms with E-state index in [1.54, 1.807) is 0 Å². The molecule has 0 aliphatic heterocycles. The van der Waals surface area contributed by atoms with E-state index >= 15 is 0 Å². The van der Waals surface area contributed by atoms with E-state index in [-0.39, 0.29) is 10.8 Å². The molecule has 0 unspecified atom stereocenters. The summed E-state index contributed by atoms with van der Waals surface area (Å²) in [6.45, 7) is 13.8. The minimum absolute atomic E-state index is 0.0734. The summed E-state index contributed by atoms with van der Waals surface area (Å²) in [5, 5.41) is 0. The highest BCUT2D eigenvalue weighted by Gasteiger charge is 2.29. The summed E-state index contributed by atoms with van der Waals surface area (Å²) in [5.74, 6) is 0.461. The molecule has 0 heterocycles. The highest BCUT2D eigenvalue weighted by atomic mass is 19.3. The predicted octanol–water partition coefficient (Wildman–Crippen LogP) is 6.31. The van der Waals surface area contributed by atoms with Gasteiger partial charge in [-0.05, 0) is 53.9 Å². The van der Waals surface area contributed by atoms with Crippen LogP contribution in [0.3, 0.4) is 0 Å². The second-order valence-corrected chi connectivity index (χ2v) is 8.06. The molecule has 0 saturated carbocycles. The average molecular weight is 366 g/mol. The van der Waals surface area contributed by atoms with Crippen molar-refractivity contribution in [2.75, 3.05) is 6.61 Å². The highest BCUT2D eigenvalue weighted by molar-refractivity contribution is 5.83. The minimum Gasteiger partial charge on any atom is -0.487 e. The summed E-state index contributed by atoms with van der Waals surface area (Å²) in [6.07, 6.45) is 1.39. The van der Waals surface area contributed by atoms with Crippen LogP contribution >= 0.6 is 0 Å². The zero-order valence-corrected chi connectivity index (χ0v) is 17.1. The van der Waals surface area contributed by atoms with Crippen LogP contribution < -0.4 is 4.74 Å². The summed E-state index contributed by atoms with van der Waals surface area (Å²) in [7, 11) is 0. The maximum absolute atomic E-state index is 12.8. The molecule has 1 aromatic carbocycles. The lowest BCUT2D eigenvalue weighted by molar-refractivity contribution is -0.104. The average Bonchev–Trinajstić information content (AvgIpc) is 2.59. The van der Waals surface area contributed by atoms with Gasteiger partial charge in [-0.15, -0.1) is 0 Å². The van der Waals surface area contributed by atoms with Crippen LogP contribution in [-0.4, -0.2) is 19.3 Å². The molecule has 0 aromatic heterocycles. The normalized spacial score (nSPS) is 13.2. The quantitative estimate of drug-likeness (QED) is 0.378. The van der Waals surface area contributed by atoms with E-state index in [4.69, 9.17) is 4.74 Å². The first-order chi connectivity index (χ1) is 12.0. The standard InChI is InChI=1S/C22H32F2O2/c1-8-21(4,5)16-12-17(15(3)10-11-25)20(26-14-19(23)24)18(13-16)22(6,7)9-2/h10-13,19H,8-9,14H2,1-7H3/b15-10-.